The zero-order valence-corrected chi connectivity index (χ0v) is 12.7. The van der Waals surface area contributed by atoms with Crippen LogP contribution in [0.3, 0.4) is 0 Å². The molecule has 1 aliphatic carbocycles. The maximum absolute atomic E-state index is 11.2. The van der Waals surface area contributed by atoms with Crippen LogP contribution >= 0.6 is 0 Å². The Morgan fingerprint density at radius 1 is 1.10 bits per heavy atom. The monoisotopic (exact) mass is 296 g/mol. The highest BCUT2D eigenvalue weighted by atomic mass is 16.6. The number of hydrogen-bond acceptors (Lipinski definition) is 5. The van der Waals surface area contributed by atoms with Gasteiger partial charge in [0, 0.05) is 13.8 Å². The number of carbonyl (C=O) groups excluding carboxylic acids is 2. The molecule has 0 spiro atoms. The summed E-state index contributed by atoms with van der Waals surface area (Å²) >= 11 is 0. The van der Waals surface area contributed by atoms with Crippen molar-refractivity contribution in [3.05, 3.63) is 12.2 Å². The van der Waals surface area contributed by atoms with Gasteiger partial charge in [-0.2, -0.15) is 0 Å². The molecule has 3 atom stereocenters. The standard InChI is InChI=1S/C16H24O5/c1-11(17)19-10-16-15(20-12(2)18)9-8-14(21-16)13-6-4-3-5-7-13/h8-9,13-16H,3-7,10H2,1-2H3/t14-,15-,16+/m0/s1. The molecule has 2 rings (SSSR count). The summed E-state index contributed by atoms with van der Waals surface area (Å²) < 4.78 is 16.3. The molecule has 1 aliphatic heterocycles. The Kier molecular flexibility index (Phi) is 5.79. The molecule has 21 heavy (non-hydrogen) atoms. The fourth-order valence-corrected chi connectivity index (χ4v) is 3.04. The number of rotatable bonds is 4. The number of esters is 2. The molecule has 1 fully saturated rings. The Hall–Kier alpha value is -1.36. The van der Waals surface area contributed by atoms with Crippen LogP contribution in [0.1, 0.15) is 46.0 Å². The van der Waals surface area contributed by atoms with Gasteiger partial charge in [-0.1, -0.05) is 25.3 Å². The molecule has 0 bridgehead atoms. The van der Waals surface area contributed by atoms with E-state index in [0.717, 1.165) is 12.8 Å². The maximum Gasteiger partial charge on any atom is 0.303 e. The quantitative estimate of drug-likeness (QED) is 0.589. The van der Waals surface area contributed by atoms with Crippen molar-refractivity contribution >= 4 is 11.9 Å². The van der Waals surface area contributed by atoms with Crippen LogP contribution in [-0.4, -0.2) is 36.9 Å². The molecule has 1 heterocycles. The average molecular weight is 296 g/mol. The first-order chi connectivity index (χ1) is 10.1. The van der Waals surface area contributed by atoms with E-state index >= 15 is 0 Å². The summed E-state index contributed by atoms with van der Waals surface area (Å²) in [4.78, 5) is 22.2. The summed E-state index contributed by atoms with van der Waals surface area (Å²) in [5.41, 5.74) is 0. The minimum absolute atomic E-state index is 0.0256. The Labute approximate surface area is 125 Å². The molecule has 118 valence electrons. The predicted molar refractivity (Wildman–Crippen MR) is 76.6 cm³/mol. The van der Waals surface area contributed by atoms with E-state index in [-0.39, 0.29) is 24.6 Å². The summed E-state index contributed by atoms with van der Waals surface area (Å²) in [6.45, 7) is 2.84. The number of carbonyl (C=O) groups is 2. The second kappa shape index (κ2) is 7.59. The third kappa shape index (κ3) is 4.84. The first-order valence-corrected chi connectivity index (χ1v) is 7.70. The Morgan fingerprint density at radius 3 is 2.43 bits per heavy atom. The first kappa shape index (κ1) is 16.0. The van der Waals surface area contributed by atoms with E-state index in [1.165, 1.54) is 33.1 Å². The molecule has 0 aromatic carbocycles. The Balaban J connectivity index is 2.00. The lowest BCUT2D eigenvalue weighted by Gasteiger charge is -2.36. The SMILES string of the molecule is CC(=O)OC[C@H]1O[C@H](C2CCCCC2)C=C[C@@H]1OC(C)=O. The van der Waals surface area contributed by atoms with E-state index in [9.17, 15) is 9.59 Å². The highest BCUT2D eigenvalue weighted by molar-refractivity contribution is 5.66. The molecule has 0 unspecified atom stereocenters. The van der Waals surface area contributed by atoms with E-state index < -0.39 is 12.2 Å². The fourth-order valence-electron chi connectivity index (χ4n) is 3.04. The minimum atomic E-state index is -0.485. The van der Waals surface area contributed by atoms with Crippen LogP contribution in [0.5, 0.6) is 0 Å². The van der Waals surface area contributed by atoms with Crippen molar-refractivity contribution in [2.75, 3.05) is 6.61 Å². The topological polar surface area (TPSA) is 61.8 Å². The van der Waals surface area contributed by atoms with Crippen LogP contribution < -0.4 is 0 Å². The largest absolute Gasteiger partial charge is 0.463 e. The highest BCUT2D eigenvalue weighted by Gasteiger charge is 2.34. The van der Waals surface area contributed by atoms with Crippen LogP contribution in [0.25, 0.3) is 0 Å². The van der Waals surface area contributed by atoms with Crippen molar-refractivity contribution in [3.8, 4) is 0 Å². The van der Waals surface area contributed by atoms with Crippen molar-refractivity contribution < 1.29 is 23.8 Å². The molecular formula is C16H24O5. The van der Waals surface area contributed by atoms with Gasteiger partial charge >= 0.3 is 11.9 Å². The van der Waals surface area contributed by atoms with Crippen LogP contribution in [0.15, 0.2) is 12.2 Å². The Bertz CT molecular complexity index is 397. The van der Waals surface area contributed by atoms with Gasteiger partial charge in [0.2, 0.25) is 0 Å². The Morgan fingerprint density at radius 2 is 1.81 bits per heavy atom. The van der Waals surface area contributed by atoms with E-state index in [0.29, 0.717) is 5.92 Å². The lowest BCUT2D eigenvalue weighted by atomic mass is 9.84. The number of hydrogen-bond donors (Lipinski definition) is 0. The first-order valence-electron chi connectivity index (χ1n) is 7.70. The minimum Gasteiger partial charge on any atom is -0.463 e. The number of ether oxygens (including phenoxy) is 3. The average Bonchev–Trinajstić information content (AvgIpc) is 2.46. The van der Waals surface area contributed by atoms with Crippen molar-refractivity contribution in [2.45, 2.75) is 64.3 Å². The molecule has 1 saturated carbocycles. The van der Waals surface area contributed by atoms with Crippen molar-refractivity contribution in [1.82, 2.24) is 0 Å². The summed E-state index contributed by atoms with van der Waals surface area (Å²) in [5.74, 6) is -0.214. The van der Waals surface area contributed by atoms with Gasteiger partial charge in [0.1, 0.15) is 18.8 Å². The normalized spacial score (nSPS) is 29.9. The predicted octanol–water partition coefficient (Wildman–Crippen LogP) is 2.39. The van der Waals surface area contributed by atoms with Gasteiger partial charge in [0.05, 0.1) is 6.10 Å². The molecule has 5 heteroatoms. The third-order valence-electron chi connectivity index (χ3n) is 4.06. The molecule has 5 nitrogen and oxygen atoms in total. The second-order valence-electron chi connectivity index (χ2n) is 5.80. The molecule has 0 aromatic heterocycles. The zero-order chi connectivity index (χ0) is 15.2. The fraction of sp³-hybridized carbons (Fsp3) is 0.750. The highest BCUT2D eigenvalue weighted by Crippen LogP contribution is 2.31. The van der Waals surface area contributed by atoms with Gasteiger partial charge in [0.25, 0.3) is 0 Å². The zero-order valence-electron chi connectivity index (χ0n) is 12.7. The summed E-state index contributed by atoms with van der Waals surface area (Å²) in [5, 5.41) is 0. The van der Waals surface area contributed by atoms with Crippen molar-refractivity contribution in [1.29, 1.82) is 0 Å². The van der Waals surface area contributed by atoms with Gasteiger partial charge in [-0.15, -0.1) is 0 Å². The van der Waals surface area contributed by atoms with Crippen LogP contribution in [0.4, 0.5) is 0 Å². The molecule has 0 aromatic rings. The van der Waals surface area contributed by atoms with Crippen molar-refractivity contribution in [3.63, 3.8) is 0 Å². The van der Waals surface area contributed by atoms with E-state index in [1.807, 2.05) is 12.2 Å². The molecule has 0 saturated heterocycles. The maximum atomic E-state index is 11.2. The van der Waals surface area contributed by atoms with E-state index in [2.05, 4.69) is 0 Å². The molecule has 0 amide bonds. The summed E-state index contributed by atoms with van der Waals surface area (Å²) in [6, 6.07) is 0. The van der Waals surface area contributed by atoms with Gasteiger partial charge in [-0.05, 0) is 24.8 Å². The lowest BCUT2D eigenvalue weighted by Crippen LogP contribution is -2.43. The smallest absolute Gasteiger partial charge is 0.303 e. The van der Waals surface area contributed by atoms with Crippen molar-refractivity contribution in [2.24, 2.45) is 5.92 Å². The second-order valence-corrected chi connectivity index (χ2v) is 5.80. The van der Waals surface area contributed by atoms with Crippen LogP contribution in [-0.2, 0) is 23.8 Å². The van der Waals surface area contributed by atoms with Crippen LogP contribution in [0, 0.1) is 5.92 Å². The van der Waals surface area contributed by atoms with E-state index in [4.69, 9.17) is 14.2 Å². The molecule has 2 aliphatic rings. The van der Waals surface area contributed by atoms with E-state index in [1.54, 1.807) is 0 Å². The third-order valence-corrected chi connectivity index (χ3v) is 4.06. The van der Waals surface area contributed by atoms with Crippen LogP contribution in [0.2, 0.25) is 0 Å². The summed E-state index contributed by atoms with van der Waals surface area (Å²) in [7, 11) is 0. The van der Waals surface area contributed by atoms with Gasteiger partial charge in [-0.25, -0.2) is 0 Å². The van der Waals surface area contributed by atoms with Gasteiger partial charge in [-0.3, -0.25) is 9.59 Å². The molecule has 0 N–H and O–H groups in total. The molecular weight excluding hydrogens is 272 g/mol. The van der Waals surface area contributed by atoms with Gasteiger partial charge < -0.3 is 14.2 Å². The summed E-state index contributed by atoms with van der Waals surface area (Å²) in [6.07, 6.45) is 9.07. The van der Waals surface area contributed by atoms with Gasteiger partial charge in [0.15, 0.2) is 0 Å². The lowest BCUT2D eigenvalue weighted by molar-refractivity contribution is -0.166. The molecule has 0 radical (unpaired) electrons.